The Balaban J connectivity index is 2.11. The highest BCUT2D eigenvalue weighted by atomic mass is 16.6. The van der Waals surface area contributed by atoms with Crippen LogP contribution in [0.4, 0.5) is 0 Å². The molecule has 8 heteroatoms. The summed E-state index contributed by atoms with van der Waals surface area (Å²) in [7, 11) is 0. The summed E-state index contributed by atoms with van der Waals surface area (Å²) in [6.45, 7) is 1.20. The molecule has 1 aliphatic heterocycles. The summed E-state index contributed by atoms with van der Waals surface area (Å²) in [5, 5.41) is 30.8. The zero-order valence-corrected chi connectivity index (χ0v) is 10.7. The van der Waals surface area contributed by atoms with E-state index in [9.17, 15) is 24.9 Å². The lowest BCUT2D eigenvalue weighted by Gasteiger charge is -2.27. The van der Waals surface area contributed by atoms with Gasteiger partial charge in [-0.15, -0.1) is 0 Å². The van der Waals surface area contributed by atoms with Gasteiger partial charge in [0.25, 0.3) is 5.56 Å². The first-order valence-corrected chi connectivity index (χ1v) is 6.20. The molecule has 0 aromatic carbocycles. The molecule has 0 bridgehead atoms. The number of aromatic amines is 1. The van der Waals surface area contributed by atoms with Crippen molar-refractivity contribution in [2.24, 2.45) is 0 Å². The summed E-state index contributed by atoms with van der Waals surface area (Å²) < 4.78 is 21.3. The molecule has 8 nitrogen and oxygen atoms in total. The molecule has 0 amide bonds. The maximum atomic E-state index is 11.9. The summed E-state index contributed by atoms with van der Waals surface area (Å²) in [4.78, 5) is 25.1. The van der Waals surface area contributed by atoms with E-state index in [1.165, 1.54) is 6.92 Å². The molecule has 2 fully saturated rings. The van der Waals surface area contributed by atoms with Crippen LogP contribution >= 0.6 is 0 Å². The first kappa shape index (κ1) is 11.2. The Morgan fingerprint density at radius 1 is 1.50 bits per heavy atom. The van der Waals surface area contributed by atoms with Gasteiger partial charge in [-0.2, -0.15) is 0 Å². The standard InChI is InChI=1S/C12H16N2O6/c1-11(18)7(16)8(12(19)3-4-12)20-9(11)14-5-2-6(15)13-10(14)17/h2,5,7-9,16,18-19H,3-4H2,1H3,(H,13,15,17)/t7?,8-,9+,11+/m0/s1/i2D,5D. The highest BCUT2D eigenvalue weighted by Crippen LogP contribution is 2.49. The molecular weight excluding hydrogens is 268 g/mol. The maximum absolute atomic E-state index is 11.9. The van der Waals surface area contributed by atoms with Crippen LogP contribution < -0.4 is 11.2 Å². The minimum absolute atomic E-state index is 0.384. The largest absolute Gasteiger partial charge is 0.387 e. The second-order valence-corrected chi connectivity index (χ2v) is 5.55. The molecule has 3 rings (SSSR count). The number of rotatable bonds is 2. The Kier molecular flexibility index (Phi) is 2.25. The highest BCUT2D eigenvalue weighted by molar-refractivity contribution is 5.12. The van der Waals surface area contributed by atoms with Crippen LogP contribution in [-0.4, -0.2) is 48.3 Å². The fourth-order valence-electron chi connectivity index (χ4n) is 2.47. The van der Waals surface area contributed by atoms with E-state index in [0.29, 0.717) is 17.4 Å². The van der Waals surface area contributed by atoms with Crippen molar-refractivity contribution in [3.8, 4) is 0 Å². The van der Waals surface area contributed by atoms with E-state index >= 15 is 0 Å². The third kappa shape index (κ3) is 1.84. The number of hydrogen-bond donors (Lipinski definition) is 4. The molecule has 2 aliphatic rings. The molecule has 1 aromatic heterocycles. The van der Waals surface area contributed by atoms with Crippen molar-refractivity contribution in [1.82, 2.24) is 9.55 Å². The van der Waals surface area contributed by atoms with Gasteiger partial charge in [0.2, 0.25) is 0 Å². The summed E-state index contributed by atoms with van der Waals surface area (Å²) in [5.74, 6) is 0. The van der Waals surface area contributed by atoms with Gasteiger partial charge < -0.3 is 20.1 Å². The first-order valence-electron chi connectivity index (χ1n) is 7.20. The van der Waals surface area contributed by atoms with Crippen LogP contribution in [0.5, 0.6) is 0 Å². The van der Waals surface area contributed by atoms with Crippen molar-refractivity contribution in [2.75, 3.05) is 0 Å². The van der Waals surface area contributed by atoms with Crippen molar-refractivity contribution < 1.29 is 22.8 Å². The van der Waals surface area contributed by atoms with E-state index in [0.717, 1.165) is 0 Å². The third-order valence-electron chi connectivity index (χ3n) is 3.92. The normalized spacial score (nSPS) is 40.3. The number of ether oxygens (including phenoxy) is 1. The summed E-state index contributed by atoms with van der Waals surface area (Å²) in [6, 6.07) is -0.762. The van der Waals surface area contributed by atoms with Gasteiger partial charge in [-0.25, -0.2) is 4.79 Å². The monoisotopic (exact) mass is 286 g/mol. The fourth-order valence-corrected chi connectivity index (χ4v) is 2.47. The maximum Gasteiger partial charge on any atom is 0.330 e. The van der Waals surface area contributed by atoms with Crippen LogP contribution in [0.15, 0.2) is 21.8 Å². The van der Waals surface area contributed by atoms with Crippen molar-refractivity contribution in [3.63, 3.8) is 0 Å². The number of nitrogens with one attached hydrogen (secondary N) is 1. The molecule has 0 spiro atoms. The van der Waals surface area contributed by atoms with Crippen LogP contribution in [0.25, 0.3) is 0 Å². The van der Waals surface area contributed by atoms with Crippen LogP contribution in [0, 0.1) is 0 Å². The van der Waals surface area contributed by atoms with Crippen molar-refractivity contribution in [2.45, 2.75) is 49.4 Å². The van der Waals surface area contributed by atoms with E-state index < -0.39 is 53.1 Å². The Morgan fingerprint density at radius 3 is 2.75 bits per heavy atom. The quantitative estimate of drug-likeness (QED) is 0.502. The van der Waals surface area contributed by atoms with Gasteiger partial charge in [0.05, 0.1) is 8.34 Å². The Hall–Kier alpha value is -1.48. The molecule has 1 aliphatic carbocycles. The smallest absolute Gasteiger partial charge is 0.330 e. The number of aliphatic hydroxyl groups excluding tert-OH is 1. The molecule has 1 unspecified atom stereocenters. The van der Waals surface area contributed by atoms with E-state index in [4.69, 9.17) is 7.48 Å². The molecule has 2 heterocycles. The Bertz CT molecular complexity index is 738. The van der Waals surface area contributed by atoms with Crippen molar-refractivity contribution >= 4 is 0 Å². The number of nitrogens with zero attached hydrogens (tertiary/aromatic N) is 1. The zero-order chi connectivity index (χ0) is 16.4. The number of H-pyrrole nitrogens is 1. The topological polar surface area (TPSA) is 125 Å². The van der Waals surface area contributed by atoms with Gasteiger partial charge in [-0.1, -0.05) is 0 Å². The van der Waals surface area contributed by atoms with Crippen LogP contribution in [0.1, 0.15) is 28.7 Å². The lowest BCUT2D eigenvalue weighted by Crippen LogP contribution is -2.48. The lowest BCUT2D eigenvalue weighted by molar-refractivity contribution is -0.108. The number of aliphatic hydroxyl groups is 3. The van der Waals surface area contributed by atoms with Gasteiger partial charge in [0.15, 0.2) is 6.23 Å². The van der Waals surface area contributed by atoms with E-state index in [2.05, 4.69) is 0 Å². The molecule has 0 radical (unpaired) electrons. The minimum atomic E-state index is -1.98. The van der Waals surface area contributed by atoms with Crippen LogP contribution in [0.2, 0.25) is 0 Å². The average molecular weight is 286 g/mol. The zero-order valence-electron chi connectivity index (χ0n) is 12.7. The summed E-state index contributed by atoms with van der Waals surface area (Å²) >= 11 is 0. The third-order valence-corrected chi connectivity index (χ3v) is 3.92. The highest BCUT2D eigenvalue weighted by Gasteiger charge is 2.63. The van der Waals surface area contributed by atoms with Gasteiger partial charge >= 0.3 is 5.69 Å². The second kappa shape index (κ2) is 4.01. The van der Waals surface area contributed by atoms with Gasteiger partial charge in [-0.05, 0) is 19.8 Å². The second-order valence-electron chi connectivity index (χ2n) is 5.55. The predicted molar refractivity (Wildman–Crippen MR) is 66.0 cm³/mol. The van der Waals surface area contributed by atoms with E-state index in [1.807, 2.05) is 4.98 Å². The lowest BCUT2D eigenvalue weighted by atomic mass is 9.93. The van der Waals surface area contributed by atoms with Crippen LogP contribution in [0.3, 0.4) is 0 Å². The molecule has 4 N–H and O–H groups in total. The van der Waals surface area contributed by atoms with Crippen molar-refractivity contribution in [1.29, 1.82) is 0 Å². The van der Waals surface area contributed by atoms with Gasteiger partial charge in [-0.3, -0.25) is 14.3 Å². The van der Waals surface area contributed by atoms with Crippen molar-refractivity contribution in [3.05, 3.63) is 33.1 Å². The number of hydrogen-bond acceptors (Lipinski definition) is 6. The van der Waals surface area contributed by atoms with Gasteiger partial charge in [0.1, 0.15) is 17.8 Å². The molecule has 4 atom stereocenters. The SMILES string of the molecule is [2H]c1c([2H])n([C@@H]2O[C@H](C3(O)CC3)C(O)[C@@]2(C)O)c(=O)[nH]c1=O. The first-order chi connectivity index (χ1) is 10.1. The predicted octanol–water partition coefficient (Wildman–Crippen LogP) is -1.93. The summed E-state index contributed by atoms with van der Waals surface area (Å²) in [5.41, 5.74) is -5.32. The molecule has 20 heavy (non-hydrogen) atoms. The molecule has 1 saturated heterocycles. The van der Waals surface area contributed by atoms with Gasteiger partial charge in [0, 0.05) is 12.2 Å². The Morgan fingerprint density at radius 2 is 2.15 bits per heavy atom. The molecular formula is C12H16N2O6. The summed E-state index contributed by atoms with van der Waals surface area (Å²) in [6.07, 6.45) is -4.09. The minimum Gasteiger partial charge on any atom is -0.387 e. The van der Waals surface area contributed by atoms with E-state index in [1.54, 1.807) is 0 Å². The van der Waals surface area contributed by atoms with E-state index in [-0.39, 0.29) is 0 Å². The number of aromatic nitrogens is 2. The molecule has 1 saturated carbocycles. The van der Waals surface area contributed by atoms with Crippen LogP contribution in [-0.2, 0) is 4.74 Å². The average Bonchev–Trinajstić information content (AvgIpc) is 3.12. The molecule has 110 valence electrons. The Labute approximate surface area is 116 Å². The fraction of sp³-hybridized carbons (Fsp3) is 0.667. The molecule has 1 aromatic rings.